The van der Waals surface area contributed by atoms with E-state index < -0.39 is 23.4 Å². The van der Waals surface area contributed by atoms with Crippen molar-refractivity contribution in [2.24, 2.45) is 0 Å². The fourth-order valence-corrected chi connectivity index (χ4v) is 1.48. The van der Waals surface area contributed by atoms with E-state index in [0.717, 1.165) is 6.07 Å². The number of para-hydroxylation sites is 1. The summed E-state index contributed by atoms with van der Waals surface area (Å²) < 4.78 is 26.1. The van der Waals surface area contributed by atoms with Crippen LogP contribution < -0.4 is 16.4 Å². The number of nitrogens with one attached hydrogen (secondary N) is 2. The van der Waals surface area contributed by atoms with Gasteiger partial charge in [-0.15, -0.1) is 0 Å². The van der Waals surface area contributed by atoms with Crippen LogP contribution in [0.3, 0.4) is 0 Å². The Kier molecular flexibility index (Phi) is 3.61. The molecule has 2 rings (SSSR count). The van der Waals surface area contributed by atoms with E-state index in [2.05, 4.69) is 10.6 Å². The first-order valence-corrected chi connectivity index (χ1v) is 5.44. The lowest BCUT2D eigenvalue weighted by atomic mass is 10.2. The molecule has 0 unspecified atom stereocenters. The quantitative estimate of drug-likeness (QED) is 0.728. The van der Waals surface area contributed by atoms with E-state index in [4.69, 9.17) is 5.73 Å². The highest BCUT2D eigenvalue weighted by molar-refractivity contribution is 6.01. The summed E-state index contributed by atoms with van der Waals surface area (Å²) in [5.74, 6) is -2.25. The molecule has 2 amide bonds. The average molecular weight is 263 g/mol. The lowest BCUT2D eigenvalue weighted by Crippen LogP contribution is -2.20. The fraction of sp³-hybridized carbons (Fsp3) is 0. The van der Waals surface area contributed by atoms with Crippen LogP contribution in [0.4, 0.5) is 30.6 Å². The summed E-state index contributed by atoms with van der Waals surface area (Å²) in [4.78, 5) is 11.6. The molecule has 6 heteroatoms. The number of benzene rings is 2. The third-order valence-corrected chi connectivity index (χ3v) is 2.41. The highest BCUT2D eigenvalue weighted by Crippen LogP contribution is 2.23. The van der Waals surface area contributed by atoms with E-state index >= 15 is 0 Å². The van der Waals surface area contributed by atoms with Crippen LogP contribution in [0, 0.1) is 11.6 Å². The van der Waals surface area contributed by atoms with Gasteiger partial charge in [0.2, 0.25) is 0 Å². The second-order valence-corrected chi connectivity index (χ2v) is 3.77. The van der Waals surface area contributed by atoms with Gasteiger partial charge in [-0.1, -0.05) is 18.2 Å². The zero-order valence-corrected chi connectivity index (χ0v) is 9.78. The van der Waals surface area contributed by atoms with E-state index in [-0.39, 0.29) is 5.69 Å². The third kappa shape index (κ3) is 2.98. The maximum atomic E-state index is 13.2. The average Bonchev–Trinajstić information content (AvgIpc) is 2.41. The van der Waals surface area contributed by atoms with Gasteiger partial charge in [0.05, 0.1) is 11.4 Å². The number of nitrogen functional groups attached to an aromatic ring is 1. The molecule has 0 spiro atoms. The molecule has 98 valence electrons. The molecule has 0 bridgehead atoms. The topological polar surface area (TPSA) is 67.1 Å². The van der Waals surface area contributed by atoms with Crippen LogP contribution in [0.5, 0.6) is 0 Å². The van der Waals surface area contributed by atoms with E-state index in [1.165, 1.54) is 6.07 Å². The van der Waals surface area contributed by atoms with Gasteiger partial charge in [0.25, 0.3) is 0 Å². The van der Waals surface area contributed by atoms with Crippen LogP contribution in [0.25, 0.3) is 0 Å². The van der Waals surface area contributed by atoms with Crippen LogP contribution in [0.15, 0.2) is 42.5 Å². The summed E-state index contributed by atoms with van der Waals surface area (Å²) in [5.41, 5.74) is 5.50. The number of halogens is 2. The van der Waals surface area contributed by atoms with E-state index in [1.54, 1.807) is 30.3 Å². The van der Waals surface area contributed by atoms with Crippen LogP contribution in [-0.4, -0.2) is 6.03 Å². The number of anilines is 3. The number of rotatable bonds is 2. The standard InChI is InChI=1S/C13H11F2N3O/c14-9-6-7-10(12(16)11(9)15)18-13(19)17-8-4-2-1-3-5-8/h1-7H,16H2,(H2,17,18,19). The first-order valence-electron chi connectivity index (χ1n) is 5.44. The van der Waals surface area contributed by atoms with Gasteiger partial charge in [0, 0.05) is 5.69 Å². The summed E-state index contributed by atoms with van der Waals surface area (Å²) in [5, 5.41) is 4.87. The van der Waals surface area contributed by atoms with Gasteiger partial charge in [0.1, 0.15) is 0 Å². The Bertz CT molecular complexity index is 602. The molecular weight excluding hydrogens is 252 g/mol. The lowest BCUT2D eigenvalue weighted by molar-refractivity contribution is 0.262. The number of hydrogen-bond donors (Lipinski definition) is 3. The minimum Gasteiger partial charge on any atom is -0.395 e. The van der Waals surface area contributed by atoms with Crippen LogP contribution in [0.2, 0.25) is 0 Å². The fourth-order valence-electron chi connectivity index (χ4n) is 1.48. The van der Waals surface area contributed by atoms with Crippen LogP contribution in [0.1, 0.15) is 0 Å². The van der Waals surface area contributed by atoms with Crippen molar-refractivity contribution in [2.75, 3.05) is 16.4 Å². The molecule has 2 aromatic rings. The molecule has 4 nitrogen and oxygen atoms in total. The molecule has 0 saturated carbocycles. The van der Waals surface area contributed by atoms with Crippen LogP contribution >= 0.6 is 0 Å². The molecule has 0 atom stereocenters. The van der Waals surface area contributed by atoms with Gasteiger partial charge < -0.3 is 16.4 Å². The zero-order valence-electron chi connectivity index (χ0n) is 9.78. The molecule has 0 radical (unpaired) electrons. The number of nitrogens with two attached hydrogens (primary N) is 1. The van der Waals surface area contributed by atoms with Crippen molar-refractivity contribution in [1.29, 1.82) is 0 Å². The van der Waals surface area contributed by atoms with Crippen molar-refractivity contribution < 1.29 is 13.6 Å². The molecular formula is C13H11F2N3O. The molecule has 0 aliphatic heterocycles. The van der Waals surface area contributed by atoms with Gasteiger partial charge in [-0.3, -0.25) is 0 Å². The minimum atomic E-state index is -1.18. The van der Waals surface area contributed by atoms with Gasteiger partial charge in [-0.05, 0) is 24.3 Å². The Morgan fingerprint density at radius 2 is 1.68 bits per heavy atom. The smallest absolute Gasteiger partial charge is 0.323 e. The Morgan fingerprint density at radius 1 is 1.00 bits per heavy atom. The summed E-state index contributed by atoms with van der Waals surface area (Å²) in [6, 6.07) is 10.2. The highest BCUT2D eigenvalue weighted by Gasteiger charge is 2.12. The van der Waals surface area contributed by atoms with E-state index in [1.807, 2.05) is 0 Å². The van der Waals surface area contributed by atoms with Gasteiger partial charge >= 0.3 is 6.03 Å². The van der Waals surface area contributed by atoms with Crippen molar-refractivity contribution in [2.45, 2.75) is 0 Å². The van der Waals surface area contributed by atoms with Crippen molar-refractivity contribution in [3.63, 3.8) is 0 Å². The molecule has 0 aliphatic rings. The molecule has 4 N–H and O–H groups in total. The largest absolute Gasteiger partial charge is 0.395 e. The number of carbonyl (C=O) groups is 1. The Labute approximate surface area is 108 Å². The van der Waals surface area contributed by atoms with E-state index in [9.17, 15) is 13.6 Å². The Morgan fingerprint density at radius 3 is 2.37 bits per heavy atom. The normalized spacial score (nSPS) is 10.0. The van der Waals surface area contributed by atoms with Crippen molar-refractivity contribution in [3.05, 3.63) is 54.1 Å². The predicted molar refractivity (Wildman–Crippen MR) is 69.9 cm³/mol. The van der Waals surface area contributed by atoms with Gasteiger partial charge in [-0.2, -0.15) is 0 Å². The number of urea groups is 1. The van der Waals surface area contributed by atoms with Crippen molar-refractivity contribution in [1.82, 2.24) is 0 Å². The Hall–Kier alpha value is -2.63. The van der Waals surface area contributed by atoms with Crippen LogP contribution in [-0.2, 0) is 0 Å². The predicted octanol–water partition coefficient (Wildman–Crippen LogP) is 3.19. The van der Waals surface area contributed by atoms with Gasteiger partial charge in [-0.25, -0.2) is 13.6 Å². The summed E-state index contributed by atoms with van der Waals surface area (Å²) in [6.45, 7) is 0. The number of amides is 2. The number of carbonyl (C=O) groups excluding carboxylic acids is 1. The molecule has 0 heterocycles. The first-order chi connectivity index (χ1) is 9.08. The second-order valence-electron chi connectivity index (χ2n) is 3.77. The molecule has 0 aliphatic carbocycles. The highest BCUT2D eigenvalue weighted by atomic mass is 19.2. The molecule has 2 aromatic carbocycles. The third-order valence-electron chi connectivity index (χ3n) is 2.41. The monoisotopic (exact) mass is 263 g/mol. The molecule has 0 aromatic heterocycles. The van der Waals surface area contributed by atoms with Crippen molar-refractivity contribution in [3.8, 4) is 0 Å². The summed E-state index contributed by atoms with van der Waals surface area (Å²) in [7, 11) is 0. The van der Waals surface area contributed by atoms with E-state index in [0.29, 0.717) is 5.69 Å². The molecule has 0 saturated heterocycles. The van der Waals surface area contributed by atoms with Crippen molar-refractivity contribution >= 4 is 23.1 Å². The summed E-state index contributed by atoms with van der Waals surface area (Å²) in [6.07, 6.45) is 0. The zero-order chi connectivity index (χ0) is 13.8. The maximum Gasteiger partial charge on any atom is 0.323 e. The lowest BCUT2D eigenvalue weighted by Gasteiger charge is -2.10. The summed E-state index contributed by atoms with van der Waals surface area (Å²) >= 11 is 0. The SMILES string of the molecule is Nc1c(NC(=O)Nc2ccccc2)ccc(F)c1F. The number of hydrogen-bond acceptors (Lipinski definition) is 2. The van der Waals surface area contributed by atoms with Gasteiger partial charge in [0.15, 0.2) is 11.6 Å². The Balaban J connectivity index is 2.10. The maximum absolute atomic E-state index is 13.2. The minimum absolute atomic E-state index is 0.00679. The molecule has 0 fully saturated rings. The molecule has 19 heavy (non-hydrogen) atoms. The first kappa shape index (κ1) is 12.8. The second kappa shape index (κ2) is 5.34.